The summed E-state index contributed by atoms with van der Waals surface area (Å²) in [5.41, 5.74) is 5.47. The van der Waals surface area contributed by atoms with Crippen molar-refractivity contribution in [3.63, 3.8) is 0 Å². The van der Waals surface area contributed by atoms with Gasteiger partial charge in [0.25, 0.3) is 11.8 Å². The lowest BCUT2D eigenvalue weighted by atomic mass is 10.2. The van der Waals surface area contributed by atoms with E-state index >= 15 is 0 Å². The summed E-state index contributed by atoms with van der Waals surface area (Å²) in [5.74, 6) is -0.344. The summed E-state index contributed by atoms with van der Waals surface area (Å²) in [5, 5.41) is 8.85. The van der Waals surface area contributed by atoms with Crippen LogP contribution >= 0.6 is 0 Å². The second-order valence-electron chi connectivity index (χ2n) is 3.28. The molecule has 0 fully saturated rings. The number of carbonyl (C=O) groups excluding carboxylic acids is 1. The van der Waals surface area contributed by atoms with Crippen LogP contribution in [0.25, 0.3) is 0 Å². The van der Waals surface area contributed by atoms with Gasteiger partial charge in [0.1, 0.15) is 11.8 Å². The highest BCUT2D eigenvalue weighted by molar-refractivity contribution is 5.95. The van der Waals surface area contributed by atoms with E-state index in [2.05, 4.69) is 9.97 Å². The zero-order valence-corrected chi connectivity index (χ0v) is 9.20. The van der Waals surface area contributed by atoms with Gasteiger partial charge in [0.2, 0.25) is 5.69 Å². The number of hydrogen-bond donors (Lipinski definition) is 1. The van der Waals surface area contributed by atoms with E-state index < -0.39 is 5.91 Å². The van der Waals surface area contributed by atoms with Gasteiger partial charge in [-0.25, -0.2) is 9.97 Å². The molecule has 0 unspecified atom stereocenters. The molecule has 1 heterocycles. The first kappa shape index (κ1) is 11.5. The molecule has 0 aliphatic heterocycles. The topological polar surface area (TPSA) is 102 Å². The average Bonchev–Trinajstić information content (AvgIpc) is 2.40. The summed E-state index contributed by atoms with van der Waals surface area (Å²) < 4.78 is 5.40. The lowest BCUT2D eigenvalue weighted by molar-refractivity contribution is 0.0998. The van der Waals surface area contributed by atoms with Gasteiger partial charge in [0.15, 0.2) is 0 Å². The molecule has 2 N–H and O–H groups in total. The second-order valence-corrected chi connectivity index (χ2v) is 3.28. The predicted octanol–water partition coefficient (Wildman–Crippen LogP) is 1.24. The predicted molar refractivity (Wildman–Crippen MR) is 61.8 cm³/mol. The Morgan fingerprint density at radius 2 is 2.00 bits per heavy atom. The summed E-state index contributed by atoms with van der Waals surface area (Å²) in [6.45, 7) is 0. The minimum Gasteiger partial charge on any atom is -0.436 e. The third kappa shape index (κ3) is 2.25. The number of benzene rings is 1. The van der Waals surface area contributed by atoms with Gasteiger partial charge < -0.3 is 10.5 Å². The van der Waals surface area contributed by atoms with Crippen molar-refractivity contribution >= 4 is 5.91 Å². The number of amides is 1. The third-order valence-corrected chi connectivity index (χ3v) is 2.13. The summed E-state index contributed by atoms with van der Waals surface area (Å²) in [6.07, 6.45) is 2.77. The van der Waals surface area contributed by atoms with Crippen molar-refractivity contribution in [3.8, 4) is 17.7 Å². The molecule has 0 aliphatic carbocycles. The molecule has 2 aromatic rings. The van der Waals surface area contributed by atoms with Crippen LogP contribution in [0.3, 0.4) is 0 Å². The van der Waals surface area contributed by atoms with Crippen molar-refractivity contribution in [2.24, 2.45) is 5.73 Å². The van der Waals surface area contributed by atoms with Gasteiger partial charge in [-0.05, 0) is 12.1 Å². The Bertz CT molecular complexity index is 634. The number of carbonyl (C=O) groups is 1. The highest BCUT2D eigenvalue weighted by Crippen LogP contribution is 2.24. The Morgan fingerprint density at radius 1 is 1.28 bits per heavy atom. The lowest BCUT2D eigenvalue weighted by Gasteiger charge is -2.08. The van der Waals surface area contributed by atoms with E-state index in [4.69, 9.17) is 15.7 Å². The minimum absolute atomic E-state index is 0.0358. The first-order valence-corrected chi connectivity index (χ1v) is 5.00. The van der Waals surface area contributed by atoms with Crippen LogP contribution in [0.4, 0.5) is 0 Å². The van der Waals surface area contributed by atoms with E-state index in [1.54, 1.807) is 18.2 Å². The maximum atomic E-state index is 11.2. The highest BCUT2D eigenvalue weighted by Gasteiger charge is 2.12. The van der Waals surface area contributed by atoms with E-state index in [9.17, 15) is 4.79 Å². The van der Waals surface area contributed by atoms with E-state index in [0.29, 0.717) is 0 Å². The molecule has 0 aliphatic rings. The second kappa shape index (κ2) is 4.93. The molecule has 0 spiro atoms. The first-order chi connectivity index (χ1) is 8.72. The zero-order valence-electron chi connectivity index (χ0n) is 9.20. The molecule has 0 saturated carbocycles. The smallest absolute Gasteiger partial charge is 0.256 e. The van der Waals surface area contributed by atoms with Gasteiger partial charge in [0.05, 0.1) is 5.56 Å². The molecular weight excluding hydrogens is 232 g/mol. The average molecular weight is 240 g/mol. The molecule has 1 amide bonds. The molecule has 0 radical (unpaired) electrons. The zero-order chi connectivity index (χ0) is 13.0. The molecule has 0 saturated heterocycles. The Kier molecular flexibility index (Phi) is 3.16. The Morgan fingerprint density at radius 3 is 2.72 bits per heavy atom. The van der Waals surface area contributed by atoms with Gasteiger partial charge in [-0.2, -0.15) is 5.26 Å². The van der Waals surface area contributed by atoms with E-state index in [1.165, 1.54) is 18.5 Å². The van der Waals surface area contributed by atoms with Crippen LogP contribution in [0, 0.1) is 11.3 Å². The SMILES string of the molecule is N#Cc1nccnc1Oc1ccccc1C(N)=O. The van der Waals surface area contributed by atoms with Gasteiger partial charge in [-0.1, -0.05) is 12.1 Å². The molecule has 6 heteroatoms. The van der Waals surface area contributed by atoms with Gasteiger partial charge in [0, 0.05) is 12.4 Å². The number of para-hydroxylation sites is 1. The Hall–Kier alpha value is -2.94. The van der Waals surface area contributed by atoms with Gasteiger partial charge in [-0.3, -0.25) is 4.79 Å². The fourth-order valence-electron chi connectivity index (χ4n) is 1.34. The molecule has 6 nitrogen and oxygen atoms in total. The Labute approximate surface area is 103 Å². The number of aromatic nitrogens is 2. The van der Waals surface area contributed by atoms with Crippen molar-refractivity contribution in [1.82, 2.24) is 9.97 Å². The molecular formula is C12H8N4O2. The summed E-state index contributed by atoms with van der Waals surface area (Å²) >= 11 is 0. The monoisotopic (exact) mass is 240 g/mol. The summed E-state index contributed by atoms with van der Waals surface area (Å²) in [7, 11) is 0. The molecule has 1 aromatic heterocycles. The number of ether oxygens (including phenoxy) is 1. The minimum atomic E-state index is -0.618. The van der Waals surface area contributed by atoms with Crippen LogP contribution in [0.1, 0.15) is 16.1 Å². The summed E-state index contributed by atoms with van der Waals surface area (Å²) in [4.78, 5) is 18.9. The third-order valence-electron chi connectivity index (χ3n) is 2.13. The maximum absolute atomic E-state index is 11.2. The van der Waals surface area contributed by atoms with Crippen LogP contribution in [0.2, 0.25) is 0 Å². The first-order valence-electron chi connectivity index (χ1n) is 5.00. The lowest BCUT2D eigenvalue weighted by Crippen LogP contribution is -2.12. The normalized spacial score (nSPS) is 9.50. The van der Waals surface area contributed by atoms with Gasteiger partial charge >= 0.3 is 0 Å². The van der Waals surface area contributed by atoms with E-state index in [-0.39, 0.29) is 22.9 Å². The Balaban J connectivity index is 2.41. The van der Waals surface area contributed by atoms with Crippen LogP contribution in [-0.4, -0.2) is 15.9 Å². The summed E-state index contributed by atoms with van der Waals surface area (Å²) in [6, 6.07) is 8.29. The number of nitrogens with two attached hydrogens (primary N) is 1. The fraction of sp³-hybridized carbons (Fsp3) is 0. The molecule has 1 aromatic carbocycles. The van der Waals surface area contributed by atoms with Crippen LogP contribution in [0.15, 0.2) is 36.7 Å². The van der Waals surface area contributed by atoms with Crippen LogP contribution < -0.4 is 10.5 Å². The fourth-order valence-corrected chi connectivity index (χ4v) is 1.34. The number of nitriles is 1. The van der Waals surface area contributed by atoms with Crippen molar-refractivity contribution in [1.29, 1.82) is 5.26 Å². The number of hydrogen-bond acceptors (Lipinski definition) is 5. The molecule has 0 atom stereocenters. The van der Waals surface area contributed by atoms with Crippen molar-refractivity contribution in [3.05, 3.63) is 47.9 Å². The van der Waals surface area contributed by atoms with Crippen molar-refractivity contribution < 1.29 is 9.53 Å². The maximum Gasteiger partial charge on any atom is 0.256 e. The van der Waals surface area contributed by atoms with E-state index in [0.717, 1.165) is 0 Å². The molecule has 2 rings (SSSR count). The molecule has 0 bridgehead atoms. The van der Waals surface area contributed by atoms with Gasteiger partial charge in [-0.15, -0.1) is 0 Å². The van der Waals surface area contributed by atoms with Crippen molar-refractivity contribution in [2.45, 2.75) is 0 Å². The van der Waals surface area contributed by atoms with Crippen molar-refractivity contribution in [2.75, 3.05) is 0 Å². The molecule has 18 heavy (non-hydrogen) atoms. The van der Waals surface area contributed by atoms with Crippen LogP contribution in [-0.2, 0) is 0 Å². The largest absolute Gasteiger partial charge is 0.436 e. The van der Waals surface area contributed by atoms with Crippen LogP contribution in [0.5, 0.6) is 11.6 Å². The number of nitrogens with zero attached hydrogens (tertiary/aromatic N) is 3. The standard InChI is InChI=1S/C12H8N4O2/c13-7-9-12(16-6-5-15-9)18-10-4-2-1-3-8(10)11(14)17/h1-6H,(H2,14,17). The quantitative estimate of drug-likeness (QED) is 0.869. The number of primary amides is 1. The molecule has 88 valence electrons. The number of rotatable bonds is 3. The highest BCUT2D eigenvalue weighted by atomic mass is 16.5. The van der Waals surface area contributed by atoms with E-state index in [1.807, 2.05) is 6.07 Å².